The third-order valence-electron chi connectivity index (χ3n) is 6.79. The highest BCUT2D eigenvalue weighted by molar-refractivity contribution is 7.09. The third kappa shape index (κ3) is 4.60. The number of benzene rings is 1. The quantitative estimate of drug-likeness (QED) is 0.350. The van der Waals surface area contributed by atoms with Gasteiger partial charge in [-0.05, 0) is 41.2 Å². The van der Waals surface area contributed by atoms with Gasteiger partial charge in [0.15, 0.2) is 0 Å². The number of rotatable bonds is 6. The van der Waals surface area contributed by atoms with Gasteiger partial charge < -0.3 is 4.90 Å². The summed E-state index contributed by atoms with van der Waals surface area (Å²) in [5.74, 6) is -0.0515. The zero-order valence-corrected chi connectivity index (χ0v) is 21.6. The van der Waals surface area contributed by atoms with Crippen molar-refractivity contribution in [1.29, 1.82) is 0 Å². The molecule has 36 heavy (non-hydrogen) atoms. The van der Waals surface area contributed by atoms with Crippen LogP contribution in [-0.4, -0.2) is 41.6 Å². The van der Waals surface area contributed by atoms with E-state index in [0.717, 1.165) is 28.2 Å². The van der Waals surface area contributed by atoms with Crippen LogP contribution in [0.15, 0.2) is 73.4 Å². The van der Waals surface area contributed by atoms with Gasteiger partial charge in [-0.2, -0.15) is 5.10 Å². The fourth-order valence-corrected chi connectivity index (χ4v) is 5.99. The van der Waals surface area contributed by atoms with Gasteiger partial charge in [-0.25, -0.2) is 4.98 Å². The van der Waals surface area contributed by atoms with Crippen LogP contribution in [0.1, 0.15) is 71.3 Å². The SMILES string of the molecule is C=Cc1cc(C(=O)N2C(Cn3cccn3)C[C@H](c3cnccn3)[C@@H]2c2nccs2)ccc1C(C)(C)C. The molecule has 0 aliphatic carbocycles. The van der Waals surface area contributed by atoms with Crippen molar-refractivity contribution >= 4 is 23.3 Å². The van der Waals surface area contributed by atoms with E-state index in [2.05, 4.69) is 53.5 Å². The van der Waals surface area contributed by atoms with Crippen molar-refractivity contribution in [2.24, 2.45) is 0 Å². The van der Waals surface area contributed by atoms with Crippen molar-refractivity contribution in [3.63, 3.8) is 0 Å². The number of hydrogen-bond donors (Lipinski definition) is 0. The second-order valence-electron chi connectivity index (χ2n) is 10.1. The summed E-state index contributed by atoms with van der Waals surface area (Å²) in [4.78, 5) is 29.9. The van der Waals surface area contributed by atoms with Crippen LogP contribution >= 0.6 is 11.3 Å². The maximum atomic E-state index is 14.3. The lowest BCUT2D eigenvalue weighted by molar-refractivity contribution is 0.0640. The lowest BCUT2D eigenvalue weighted by Crippen LogP contribution is -2.40. The van der Waals surface area contributed by atoms with Crippen molar-refractivity contribution < 1.29 is 4.79 Å². The zero-order chi connectivity index (χ0) is 25.3. The predicted molar refractivity (Wildman–Crippen MR) is 142 cm³/mol. The summed E-state index contributed by atoms with van der Waals surface area (Å²) < 4.78 is 1.89. The lowest BCUT2D eigenvalue weighted by atomic mass is 9.83. The summed E-state index contributed by atoms with van der Waals surface area (Å²) in [7, 11) is 0. The number of nitrogens with zero attached hydrogens (tertiary/aromatic N) is 6. The molecule has 8 heteroatoms. The second-order valence-corrected chi connectivity index (χ2v) is 11.1. The molecule has 0 spiro atoms. The first-order chi connectivity index (χ1) is 17.4. The van der Waals surface area contributed by atoms with Gasteiger partial charge in [-0.3, -0.25) is 19.4 Å². The number of likely N-dealkylation sites (tertiary alicyclic amines) is 1. The molecule has 184 valence electrons. The fraction of sp³-hybridized carbons (Fsp3) is 0.321. The van der Waals surface area contributed by atoms with Crippen LogP contribution in [-0.2, 0) is 12.0 Å². The van der Waals surface area contributed by atoms with Crippen LogP contribution in [0.4, 0.5) is 0 Å². The average molecular weight is 499 g/mol. The average Bonchev–Trinajstić information content (AvgIpc) is 3.65. The Kier molecular flexibility index (Phi) is 6.53. The van der Waals surface area contributed by atoms with Crippen LogP contribution in [0.3, 0.4) is 0 Å². The summed E-state index contributed by atoms with van der Waals surface area (Å²) in [5.41, 5.74) is 3.60. The first kappa shape index (κ1) is 24.1. The molecule has 7 nitrogen and oxygen atoms in total. The molecule has 1 fully saturated rings. The highest BCUT2D eigenvalue weighted by Crippen LogP contribution is 2.48. The molecule has 5 rings (SSSR count). The van der Waals surface area contributed by atoms with E-state index in [1.54, 1.807) is 42.3 Å². The number of hydrogen-bond acceptors (Lipinski definition) is 6. The number of aromatic nitrogens is 5. The maximum absolute atomic E-state index is 14.3. The molecule has 0 N–H and O–H groups in total. The minimum Gasteiger partial charge on any atom is -0.324 e. The van der Waals surface area contributed by atoms with E-state index in [-0.39, 0.29) is 29.3 Å². The molecule has 1 unspecified atom stereocenters. The Hall–Kier alpha value is -3.65. The minimum absolute atomic E-state index is 0.0256. The standard InChI is InChI=1S/C28H30N6OS/c1-5-19-15-20(7-8-23(19)28(2,3)4)27(35)34-21(18-33-13-6-9-32-33)16-22(24-17-29-10-11-30-24)25(34)26-31-12-14-36-26/h5-15,17,21-22,25H,1,16,18H2,2-4H3/t21?,22-,25-/m1/s1. The molecule has 0 saturated carbocycles. The van der Waals surface area contributed by atoms with Crippen LogP contribution in [0.25, 0.3) is 6.08 Å². The Morgan fingerprint density at radius 2 is 2.06 bits per heavy atom. The first-order valence-electron chi connectivity index (χ1n) is 12.1. The summed E-state index contributed by atoms with van der Waals surface area (Å²) in [6.07, 6.45) is 13.3. The topological polar surface area (TPSA) is 76.8 Å². The van der Waals surface area contributed by atoms with Gasteiger partial charge in [0.1, 0.15) is 5.01 Å². The Bertz CT molecular complexity index is 1330. The fourth-order valence-electron chi connectivity index (χ4n) is 5.19. The van der Waals surface area contributed by atoms with E-state index in [1.165, 1.54) is 0 Å². The summed E-state index contributed by atoms with van der Waals surface area (Å²) in [6.45, 7) is 11.1. The number of thiazole rings is 1. The van der Waals surface area contributed by atoms with Gasteiger partial charge in [-0.15, -0.1) is 11.3 Å². The molecule has 3 aromatic heterocycles. The van der Waals surface area contributed by atoms with Crippen molar-refractivity contribution in [3.05, 3.63) is 101 Å². The van der Waals surface area contributed by atoms with E-state index < -0.39 is 0 Å². The molecule has 4 aromatic rings. The monoisotopic (exact) mass is 498 g/mol. The van der Waals surface area contributed by atoms with E-state index in [9.17, 15) is 4.79 Å². The minimum atomic E-state index is -0.246. The van der Waals surface area contributed by atoms with Crippen LogP contribution in [0, 0.1) is 0 Å². The van der Waals surface area contributed by atoms with E-state index in [0.29, 0.717) is 12.1 Å². The van der Waals surface area contributed by atoms with Gasteiger partial charge in [0.2, 0.25) is 0 Å². The molecule has 1 aliphatic rings. The second kappa shape index (κ2) is 9.78. The van der Waals surface area contributed by atoms with Crippen molar-refractivity contribution in [2.45, 2.75) is 57.2 Å². The maximum Gasteiger partial charge on any atom is 0.254 e. The van der Waals surface area contributed by atoms with Crippen molar-refractivity contribution in [3.8, 4) is 0 Å². The smallest absolute Gasteiger partial charge is 0.254 e. The third-order valence-corrected chi connectivity index (χ3v) is 7.63. The van der Waals surface area contributed by atoms with Gasteiger partial charge >= 0.3 is 0 Å². The molecule has 4 heterocycles. The number of amides is 1. The Morgan fingerprint density at radius 1 is 1.19 bits per heavy atom. The van der Waals surface area contributed by atoms with E-state index >= 15 is 0 Å². The molecule has 1 amide bonds. The largest absolute Gasteiger partial charge is 0.324 e. The molecule has 1 saturated heterocycles. The highest BCUT2D eigenvalue weighted by atomic mass is 32.1. The summed E-state index contributed by atoms with van der Waals surface area (Å²) in [5, 5.41) is 7.28. The lowest BCUT2D eigenvalue weighted by Gasteiger charge is -2.31. The molecule has 0 radical (unpaired) electrons. The highest BCUT2D eigenvalue weighted by Gasteiger charge is 2.47. The van der Waals surface area contributed by atoms with Crippen molar-refractivity contribution in [2.75, 3.05) is 0 Å². The summed E-state index contributed by atoms with van der Waals surface area (Å²) >= 11 is 1.57. The van der Waals surface area contributed by atoms with Gasteiger partial charge in [-0.1, -0.05) is 39.5 Å². The summed E-state index contributed by atoms with van der Waals surface area (Å²) in [6, 6.07) is 7.53. The first-order valence-corrected chi connectivity index (χ1v) is 13.0. The number of carbonyl (C=O) groups excluding carboxylic acids is 1. The molecule has 3 atom stereocenters. The van der Waals surface area contributed by atoms with Gasteiger partial charge in [0.05, 0.1) is 24.3 Å². The number of carbonyl (C=O) groups is 1. The van der Waals surface area contributed by atoms with Gasteiger partial charge in [0, 0.05) is 54.0 Å². The normalized spacial score (nSPS) is 20.0. The van der Waals surface area contributed by atoms with Crippen LogP contribution in [0.5, 0.6) is 0 Å². The van der Waals surface area contributed by atoms with Crippen LogP contribution < -0.4 is 0 Å². The Morgan fingerprint density at radius 3 is 2.69 bits per heavy atom. The molecule has 1 aromatic carbocycles. The van der Waals surface area contributed by atoms with E-state index in [1.807, 2.05) is 45.4 Å². The zero-order valence-electron chi connectivity index (χ0n) is 20.8. The predicted octanol–water partition coefficient (Wildman–Crippen LogP) is 5.51. The molecule has 1 aliphatic heterocycles. The Labute approximate surface area is 215 Å². The van der Waals surface area contributed by atoms with E-state index in [4.69, 9.17) is 0 Å². The molecule has 0 bridgehead atoms. The van der Waals surface area contributed by atoms with Crippen molar-refractivity contribution in [1.82, 2.24) is 29.6 Å². The molecular formula is C28H30N6OS. The molecular weight excluding hydrogens is 468 g/mol. The van der Waals surface area contributed by atoms with Gasteiger partial charge in [0.25, 0.3) is 5.91 Å². The Balaban J connectivity index is 1.60. The van der Waals surface area contributed by atoms with Crippen LogP contribution in [0.2, 0.25) is 0 Å².